The molecule has 118 valence electrons. The maximum atomic E-state index is 11.8. The van der Waals surface area contributed by atoms with Gasteiger partial charge in [-0.2, -0.15) is 0 Å². The van der Waals surface area contributed by atoms with Gasteiger partial charge >= 0.3 is 5.97 Å². The number of methoxy groups -OCH3 is 3. The highest BCUT2D eigenvalue weighted by atomic mass is 16.5. The van der Waals surface area contributed by atoms with E-state index in [0.717, 1.165) is 10.9 Å². The van der Waals surface area contributed by atoms with Crippen LogP contribution in [-0.4, -0.2) is 32.4 Å². The molecule has 0 radical (unpaired) electrons. The monoisotopic (exact) mass is 304 g/mol. The number of hydrogen-bond acceptors (Lipinski definition) is 5. The fourth-order valence-corrected chi connectivity index (χ4v) is 2.64. The molecule has 0 saturated carbocycles. The van der Waals surface area contributed by atoms with Crippen LogP contribution in [0.3, 0.4) is 0 Å². The minimum atomic E-state index is -0.498. The van der Waals surface area contributed by atoms with E-state index in [9.17, 15) is 9.90 Å². The van der Waals surface area contributed by atoms with E-state index in [2.05, 4.69) is 0 Å². The van der Waals surface area contributed by atoms with Crippen LogP contribution in [-0.2, 0) is 4.74 Å². The summed E-state index contributed by atoms with van der Waals surface area (Å²) in [5, 5.41) is 11.6. The van der Waals surface area contributed by atoms with E-state index >= 15 is 0 Å². The molecular weight excluding hydrogens is 284 g/mol. The van der Waals surface area contributed by atoms with Crippen LogP contribution in [0.25, 0.3) is 10.8 Å². The predicted octanol–water partition coefficient (Wildman–Crippen LogP) is 3.47. The first-order valence-electron chi connectivity index (χ1n) is 6.94. The number of esters is 1. The number of aromatic hydroxyl groups is 1. The Balaban J connectivity index is 2.92. The molecule has 1 N–H and O–H groups in total. The number of carbonyl (C=O) groups excluding carboxylic acids is 1. The van der Waals surface area contributed by atoms with Crippen molar-refractivity contribution in [2.45, 2.75) is 19.8 Å². The minimum Gasteiger partial charge on any atom is -0.507 e. The van der Waals surface area contributed by atoms with Crippen molar-refractivity contribution in [1.82, 2.24) is 0 Å². The molecule has 0 saturated heterocycles. The average molecular weight is 304 g/mol. The smallest absolute Gasteiger partial charge is 0.338 e. The highest BCUT2D eigenvalue weighted by Crippen LogP contribution is 2.44. The topological polar surface area (TPSA) is 65.0 Å². The zero-order valence-corrected chi connectivity index (χ0v) is 13.4. The Labute approximate surface area is 129 Å². The quantitative estimate of drug-likeness (QED) is 0.876. The standard InChI is InChI=1S/C17H20O5/c1-9(2)15-12-6-10(17(19)22-5)7-13(18)11(12)8-14(20-3)16(15)21-4/h6-9,18H,1-5H3. The summed E-state index contributed by atoms with van der Waals surface area (Å²) in [7, 11) is 4.43. The maximum absolute atomic E-state index is 11.8. The zero-order chi connectivity index (χ0) is 16.4. The molecule has 0 aliphatic carbocycles. The van der Waals surface area contributed by atoms with Gasteiger partial charge in [-0.25, -0.2) is 4.79 Å². The summed E-state index contributed by atoms with van der Waals surface area (Å²) in [5.74, 6) is 0.758. The molecule has 0 aromatic heterocycles. The van der Waals surface area contributed by atoms with E-state index in [1.54, 1.807) is 26.4 Å². The largest absolute Gasteiger partial charge is 0.507 e. The van der Waals surface area contributed by atoms with Crippen molar-refractivity contribution in [2.24, 2.45) is 0 Å². The van der Waals surface area contributed by atoms with Crippen molar-refractivity contribution >= 4 is 16.7 Å². The lowest BCUT2D eigenvalue weighted by atomic mass is 9.92. The lowest BCUT2D eigenvalue weighted by molar-refractivity contribution is 0.0600. The van der Waals surface area contributed by atoms with Crippen molar-refractivity contribution in [2.75, 3.05) is 21.3 Å². The van der Waals surface area contributed by atoms with Gasteiger partial charge in [0.2, 0.25) is 0 Å². The van der Waals surface area contributed by atoms with Crippen LogP contribution in [0.2, 0.25) is 0 Å². The molecule has 0 aliphatic heterocycles. The SMILES string of the molecule is COC(=O)c1cc(O)c2cc(OC)c(OC)c(C(C)C)c2c1. The van der Waals surface area contributed by atoms with Gasteiger partial charge in [0.25, 0.3) is 0 Å². The van der Waals surface area contributed by atoms with Crippen molar-refractivity contribution < 1.29 is 24.1 Å². The first kappa shape index (κ1) is 15.9. The fraction of sp³-hybridized carbons (Fsp3) is 0.353. The third-order valence-corrected chi connectivity index (χ3v) is 3.61. The van der Waals surface area contributed by atoms with Gasteiger partial charge in [0, 0.05) is 10.9 Å². The molecule has 2 rings (SSSR count). The van der Waals surface area contributed by atoms with Crippen molar-refractivity contribution in [1.29, 1.82) is 0 Å². The van der Waals surface area contributed by atoms with Crippen molar-refractivity contribution in [3.05, 3.63) is 29.3 Å². The molecule has 0 amide bonds. The van der Waals surface area contributed by atoms with Gasteiger partial charge in [-0.1, -0.05) is 13.8 Å². The zero-order valence-electron chi connectivity index (χ0n) is 13.4. The lowest BCUT2D eigenvalue weighted by Gasteiger charge is -2.19. The highest BCUT2D eigenvalue weighted by molar-refractivity contribution is 6.01. The van der Waals surface area contributed by atoms with E-state index in [0.29, 0.717) is 22.4 Å². The summed E-state index contributed by atoms with van der Waals surface area (Å²) in [6.45, 7) is 4.02. The highest BCUT2D eigenvalue weighted by Gasteiger charge is 2.21. The molecule has 0 aliphatic rings. The normalized spacial score (nSPS) is 10.8. The molecular formula is C17H20O5. The summed E-state index contributed by atoms with van der Waals surface area (Å²) >= 11 is 0. The summed E-state index contributed by atoms with van der Waals surface area (Å²) in [6, 6.07) is 4.80. The average Bonchev–Trinajstić information content (AvgIpc) is 2.51. The summed E-state index contributed by atoms with van der Waals surface area (Å²) in [4.78, 5) is 11.8. The number of rotatable bonds is 4. The van der Waals surface area contributed by atoms with Gasteiger partial charge in [-0.3, -0.25) is 0 Å². The molecule has 22 heavy (non-hydrogen) atoms. The summed E-state index contributed by atoms with van der Waals surface area (Å²) in [6.07, 6.45) is 0. The Morgan fingerprint density at radius 3 is 2.23 bits per heavy atom. The van der Waals surface area contributed by atoms with E-state index in [-0.39, 0.29) is 11.7 Å². The summed E-state index contributed by atoms with van der Waals surface area (Å²) in [5.41, 5.74) is 1.17. The minimum absolute atomic E-state index is 0.000697. The second kappa shape index (κ2) is 6.13. The Bertz CT molecular complexity index is 719. The first-order valence-corrected chi connectivity index (χ1v) is 6.94. The molecule has 0 unspecified atom stereocenters. The second-order valence-corrected chi connectivity index (χ2v) is 5.26. The van der Waals surface area contributed by atoms with Crippen LogP contribution in [0.4, 0.5) is 0 Å². The van der Waals surface area contributed by atoms with Crippen molar-refractivity contribution in [3.63, 3.8) is 0 Å². The van der Waals surface area contributed by atoms with Crippen LogP contribution in [0.1, 0.15) is 35.7 Å². The molecule has 0 heterocycles. The number of fused-ring (bicyclic) bond motifs is 1. The van der Waals surface area contributed by atoms with E-state index in [1.165, 1.54) is 13.2 Å². The Morgan fingerprint density at radius 1 is 1.05 bits per heavy atom. The number of carbonyl (C=O) groups is 1. The lowest BCUT2D eigenvalue weighted by Crippen LogP contribution is -2.03. The van der Waals surface area contributed by atoms with Crippen LogP contribution in [0.15, 0.2) is 18.2 Å². The van der Waals surface area contributed by atoms with Crippen LogP contribution in [0.5, 0.6) is 17.2 Å². The van der Waals surface area contributed by atoms with E-state index in [1.807, 2.05) is 13.8 Å². The Hall–Kier alpha value is -2.43. The first-order chi connectivity index (χ1) is 10.4. The fourth-order valence-electron chi connectivity index (χ4n) is 2.64. The third-order valence-electron chi connectivity index (χ3n) is 3.61. The van der Waals surface area contributed by atoms with Gasteiger partial charge in [0.05, 0.1) is 26.9 Å². The Kier molecular flexibility index (Phi) is 4.45. The van der Waals surface area contributed by atoms with Gasteiger partial charge < -0.3 is 19.3 Å². The third kappa shape index (κ3) is 2.54. The Morgan fingerprint density at radius 2 is 1.73 bits per heavy atom. The van der Waals surface area contributed by atoms with Gasteiger partial charge in [-0.05, 0) is 29.5 Å². The van der Waals surface area contributed by atoms with Crippen molar-refractivity contribution in [3.8, 4) is 17.2 Å². The predicted molar refractivity (Wildman–Crippen MR) is 84.1 cm³/mol. The molecule has 2 aromatic carbocycles. The van der Waals surface area contributed by atoms with Crippen LogP contribution < -0.4 is 9.47 Å². The number of hydrogen-bond donors (Lipinski definition) is 1. The number of phenolic OH excluding ortho intramolecular Hbond substituents is 1. The molecule has 2 aromatic rings. The molecule has 0 atom stereocenters. The number of phenols is 1. The number of ether oxygens (including phenoxy) is 3. The molecule has 5 heteroatoms. The van der Waals surface area contributed by atoms with Gasteiger partial charge in [-0.15, -0.1) is 0 Å². The van der Waals surface area contributed by atoms with Crippen LogP contribution in [0, 0.1) is 0 Å². The van der Waals surface area contributed by atoms with E-state index < -0.39 is 5.97 Å². The molecule has 0 spiro atoms. The van der Waals surface area contributed by atoms with Crippen LogP contribution >= 0.6 is 0 Å². The molecule has 0 bridgehead atoms. The van der Waals surface area contributed by atoms with E-state index in [4.69, 9.17) is 14.2 Å². The summed E-state index contributed by atoms with van der Waals surface area (Å²) < 4.78 is 15.6. The maximum Gasteiger partial charge on any atom is 0.338 e. The van der Waals surface area contributed by atoms with Gasteiger partial charge in [0.1, 0.15) is 5.75 Å². The second-order valence-electron chi connectivity index (χ2n) is 5.26. The van der Waals surface area contributed by atoms with Gasteiger partial charge in [0.15, 0.2) is 11.5 Å². The number of benzene rings is 2. The molecule has 5 nitrogen and oxygen atoms in total. The molecule has 0 fully saturated rings.